The van der Waals surface area contributed by atoms with Gasteiger partial charge in [-0.3, -0.25) is 4.79 Å². The van der Waals surface area contributed by atoms with Crippen molar-refractivity contribution in [1.29, 1.82) is 0 Å². The Morgan fingerprint density at radius 2 is 1.95 bits per heavy atom. The molecule has 0 radical (unpaired) electrons. The van der Waals surface area contributed by atoms with Crippen LogP contribution in [-0.2, 0) is 4.79 Å². The molecule has 0 aliphatic carbocycles. The smallest absolute Gasteiger partial charge is 0.238 e. The van der Waals surface area contributed by atoms with Gasteiger partial charge >= 0.3 is 0 Å². The molecule has 1 heterocycles. The number of fused-ring (bicyclic) bond motifs is 1. The molecular weight excluding hydrogens is 268 g/mol. The summed E-state index contributed by atoms with van der Waals surface area (Å²) in [6.45, 7) is 7.84. The lowest BCUT2D eigenvalue weighted by Gasteiger charge is -2.21. The van der Waals surface area contributed by atoms with Gasteiger partial charge in [-0.2, -0.15) is 0 Å². The maximum atomic E-state index is 12.0. The molecule has 1 atom stereocenters. The van der Waals surface area contributed by atoms with Gasteiger partial charge in [0.2, 0.25) is 5.91 Å². The van der Waals surface area contributed by atoms with Crippen LogP contribution in [0.3, 0.4) is 0 Å². The summed E-state index contributed by atoms with van der Waals surface area (Å²) in [6, 6.07) is 5.80. The minimum Gasteiger partial charge on any atom is -0.486 e. The number of rotatable bonds is 6. The Morgan fingerprint density at radius 1 is 1.24 bits per heavy atom. The third-order valence-corrected chi connectivity index (χ3v) is 3.60. The second kappa shape index (κ2) is 7.31. The standard InChI is InChI=1S/C16H24N2O3/c1-4-13(11(2)3)17-10-16(19)18-12-5-6-14-15(9-12)21-8-7-20-14/h5-6,9,11,13,17H,4,7-8,10H2,1-3H3,(H,18,19). The lowest BCUT2D eigenvalue weighted by Crippen LogP contribution is -2.38. The Hall–Kier alpha value is -1.75. The van der Waals surface area contributed by atoms with Crippen LogP contribution in [-0.4, -0.2) is 31.7 Å². The summed E-state index contributed by atoms with van der Waals surface area (Å²) in [6.07, 6.45) is 1.01. The van der Waals surface area contributed by atoms with Crippen LogP contribution in [0.4, 0.5) is 5.69 Å². The first-order valence-corrected chi connectivity index (χ1v) is 7.53. The highest BCUT2D eigenvalue weighted by Crippen LogP contribution is 2.32. The van der Waals surface area contributed by atoms with Crippen molar-refractivity contribution in [2.75, 3.05) is 25.1 Å². The van der Waals surface area contributed by atoms with Gasteiger partial charge in [0, 0.05) is 17.8 Å². The molecular formula is C16H24N2O3. The number of hydrogen-bond acceptors (Lipinski definition) is 4. The molecule has 0 spiro atoms. The van der Waals surface area contributed by atoms with Gasteiger partial charge in [0.15, 0.2) is 11.5 Å². The molecule has 0 bridgehead atoms. The van der Waals surface area contributed by atoms with Crippen molar-refractivity contribution in [3.8, 4) is 11.5 Å². The molecule has 2 N–H and O–H groups in total. The molecule has 116 valence electrons. The van der Waals surface area contributed by atoms with E-state index in [1.165, 1.54) is 0 Å². The van der Waals surface area contributed by atoms with Gasteiger partial charge in [-0.25, -0.2) is 0 Å². The monoisotopic (exact) mass is 292 g/mol. The van der Waals surface area contributed by atoms with Crippen LogP contribution in [0.25, 0.3) is 0 Å². The van der Waals surface area contributed by atoms with E-state index in [4.69, 9.17) is 9.47 Å². The molecule has 1 aliphatic rings. The number of carbonyl (C=O) groups excluding carboxylic acids is 1. The van der Waals surface area contributed by atoms with Crippen molar-refractivity contribution in [2.45, 2.75) is 33.2 Å². The average Bonchev–Trinajstić information content (AvgIpc) is 2.47. The number of anilines is 1. The molecule has 5 heteroatoms. The average molecular weight is 292 g/mol. The van der Waals surface area contributed by atoms with Gasteiger partial charge in [0.25, 0.3) is 0 Å². The van der Waals surface area contributed by atoms with Crippen molar-refractivity contribution >= 4 is 11.6 Å². The summed E-state index contributed by atoms with van der Waals surface area (Å²) in [7, 11) is 0. The summed E-state index contributed by atoms with van der Waals surface area (Å²) in [5.74, 6) is 1.87. The van der Waals surface area contributed by atoms with Crippen molar-refractivity contribution < 1.29 is 14.3 Å². The molecule has 21 heavy (non-hydrogen) atoms. The third kappa shape index (κ3) is 4.36. The van der Waals surface area contributed by atoms with E-state index < -0.39 is 0 Å². The summed E-state index contributed by atoms with van der Waals surface area (Å²) in [4.78, 5) is 12.0. The lowest BCUT2D eigenvalue weighted by molar-refractivity contribution is -0.115. The van der Waals surface area contributed by atoms with Gasteiger partial charge in [-0.05, 0) is 24.5 Å². The van der Waals surface area contributed by atoms with Gasteiger partial charge in [-0.1, -0.05) is 20.8 Å². The predicted octanol–water partition coefficient (Wildman–Crippen LogP) is 2.42. The lowest BCUT2D eigenvalue weighted by atomic mass is 10.0. The van der Waals surface area contributed by atoms with Crippen molar-refractivity contribution in [3.05, 3.63) is 18.2 Å². The zero-order chi connectivity index (χ0) is 15.2. The number of hydrogen-bond donors (Lipinski definition) is 2. The van der Waals surface area contributed by atoms with E-state index in [1.54, 1.807) is 6.07 Å². The van der Waals surface area contributed by atoms with Crippen molar-refractivity contribution in [2.24, 2.45) is 5.92 Å². The van der Waals surface area contributed by atoms with Gasteiger partial charge < -0.3 is 20.1 Å². The minimum absolute atomic E-state index is 0.0502. The highest BCUT2D eigenvalue weighted by molar-refractivity contribution is 5.92. The minimum atomic E-state index is -0.0502. The third-order valence-electron chi connectivity index (χ3n) is 3.60. The first-order valence-electron chi connectivity index (χ1n) is 7.53. The number of nitrogens with one attached hydrogen (secondary N) is 2. The van der Waals surface area contributed by atoms with Crippen LogP contribution < -0.4 is 20.1 Å². The van der Waals surface area contributed by atoms with Crippen molar-refractivity contribution in [3.63, 3.8) is 0 Å². The molecule has 1 amide bonds. The fraction of sp³-hybridized carbons (Fsp3) is 0.562. The van der Waals surface area contributed by atoms with Crippen LogP contribution in [0, 0.1) is 5.92 Å². The maximum absolute atomic E-state index is 12.0. The van der Waals surface area contributed by atoms with Gasteiger partial charge in [-0.15, -0.1) is 0 Å². The Labute approximate surface area is 126 Å². The van der Waals surface area contributed by atoms with Crippen LogP contribution in [0.5, 0.6) is 11.5 Å². The second-order valence-corrected chi connectivity index (χ2v) is 5.55. The predicted molar refractivity (Wildman–Crippen MR) is 83.0 cm³/mol. The zero-order valence-electron chi connectivity index (χ0n) is 12.9. The van der Waals surface area contributed by atoms with E-state index in [1.807, 2.05) is 12.1 Å². The van der Waals surface area contributed by atoms with Crippen LogP contribution >= 0.6 is 0 Å². The van der Waals surface area contributed by atoms with Crippen LogP contribution in [0.15, 0.2) is 18.2 Å². The number of benzene rings is 1. The largest absolute Gasteiger partial charge is 0.486 e. The van der Waals surface area contributed by atoms with E-state index in [0.717, 1.165) is 17.9 Å². The molecule has 2 rings (SSSR count). The Morgan fingerprint density at radius 3 is 2.62 bits per heavy atom. The first-order chi connectivity index (χ1) is 10.1. The SMILES string of the molecule is CCC(NCC(=O)Nc1ccc2c(c1)OCCO2)C(C)C. The fourth-order valence-electron chi connectivity index (χ4n) is 2.40. The van der Waals surface area contributed by atoms with Gasteiger partial charge in [0.1, 0.15) is 13.2 Å². The molecule has 1 aromatic rings. The summed E-state index contributed by atoms with van der Waals surface area (Å²) >= 11 is 0. The van der Waals surface area contributed by atoms with E-state index >= 15 is 0 Å². The number of carbonyl (C=O) groups is 1. The number of amides is 1. The molecule has 1 unspecified atom stereocenters. The topological polar surface area (TPSA) is 59.6 Å². The Kier molecular flexibility index (Phi) is 5.44. The molecule has 0 aromatic heterocycles. The van der Waals surface area contributed by atoms with Crippen LogP contribution in [0.2, 0.25) is 0 Å². The second-order valence-electron chi connectivity index (χ2n) is 5.55. The fourth-order valence-corrected chi connectivity index (χ4v) is 2.40. The molecule has 0 saturated heterocycles. The normalized spacial score (nSPS) is 14.9. The molecule has 1 aliphatic heterocycles. The van der Waals surface area contributed by atoms with Crippen molar-refractivity contribution in [1.82, 2.24) is 5.32 Å². The zero-order valence-corrected chi connectivity index (χ0v) is 12.9. The highest BCUT2D eigenvalue weighted by Gasteiger charge is 2.14. The molecule has 0 fully saturated rings. The quantitative estimate of drug-likeness (QED) is 0.845. The first kappa shape index (κ1) is 15.6. The van der Waals surface area contributed by atoms with E-state index in [2.05, 4.69) is 31.4 Å². The maximum Gasteiger partial charge on any atom is 0.238 e. The van der Waals surface area contributed by atoms with Gasteiger partial charge in [0.05, 0.1) is 6.54 Å². The van der Waals surface area contributed by atoms with E-state index in [9.17, 15) is 4.79 Å². The molecule has 0 saturated carbocycles. The Balaban J connectivity index is 1.88. The summed E-state index contributed by atoms with van der Waals surface area (Å²) < 4.78 is 11.0. The molecule has 5 nitrogen and oxygen atoms in total. The summed E-state index contributed by atoms with van der Waals surface area (Å²) in [5.41, 5.74) is 0.726. The Bertz CT molecular complexity index is 488. The highest BCUT2D eigenvalue weighted by atomic mass is 16.6. The van der Waals surface area contributed by atoms with Crippen LogP contribution in [0.1, 0.15) is 27.2 Å². The van der Waals surface area contributed by atoms with E-state index in [-0.39, 0.29) is 5.91 Å². The van der Waals surface area contributed by atoms with E-state index in [0.29, 0.717) is 37.5 Å². The number of ether oxygens (including phenoxy) is 2. The summed E-state index contributed by atoms with van der Waals surface area (Å²) in [5, 5.41) is 6.16. The molecule has 1 aromatic carbocycles.